The summed E-state index contributed by atoms with van der Waals surface area (Å²) in [5.41, 5.74) is 6.85. The van der Waals surface area contributed by atoms with Crippen LogP contribution >= 0.6 is 0 Å². The van der Waals surface area contributed by atoms with Gasteiger partial charge in [-0.2, -0.15) is 0 Å². The predicted molar refractivity (Wildman–Crippen MR) is 59.0 cm³/mol. The molecule has 1 atom stereocenters. The van der Waals surface area contributed by atoms with Crippen LogP contribution in [0.25, 0.3) is 0 Å². The average Bonchev–Trinajstić information content (AvgIpc) is 2.17. The van der Waals surface area contributed by atoms with Gasteiger partial charge in [0.05, 0.1) is 16.7 Å². The lowest BCUT2D eigenvalue weighted by Gasteiger charge is -2.22. The molecule has 0 spiro atoms. The summed E-state index contributed by atoms with van der Waals surface area (Å²) in [6, 6.07) is 1.71. The van der Waals surface area contributed by atoms with E-state index in [1.807, 2.05) is 0 Å². The van der Waals surface area contributed by atoms with Gasteiger partial charge in [-0.15, -0.1) is 0 Å². The third-order valence-electron chi connectivity index (χ3n) is 2.73. The summed E-state index contributed by atoms with van der Waals surface area (Å²) >= 11 is 0. The largest absolute Gasteiger partial charge is 0.397 e. The van der Waals surface area contributed by atoms with Gasteiger partial charge in [-0.05, 0) is 24.5 Å². The highest BCUT2D eigenvalue weighted by Crippen LogP contribution is 2.33. The van der Waals surface area contributed by atoms with Crippen molar-refractivity contribution in [1.82, 2.24) is 4.98 Å². The third kappa shape index (κ3) is 2.12. The smallest absolute Gasteiger partial charge is 0.157 e. The van der Waals surface area contributed by atoms with Gasteiger partial charge in [0.2, 0.25) is 0 Å². The number of pyridine rings is 1. The second-order valence-electron chi connectivity index (χ2n) is 3.90. The van der Waals surface area contributed by atoms with Crippen molar-refractivity contribution in [2.75, 3.05) is 11.5 Å². The molecule has 0 bridgehead atoms. The molecular weight excluding hydrogens is 212 g/mol. The van der Waals surface area contributed by atoms with Crippen LogP contribution in [0.3, 0.4) is 0 Å². The molecule has 1 aliphatic rings. The van der Waals surface area contributed by atoms with Gasteiger partial charge in [0.25, 0.3) is 0 Å². The molecule has 2 rings (SSSR count). The van der Waals surface area contributed by atoms with Gasteiger partial charge in [-0.1, -0.05) is 6.42 Å². The van der Waals surface area contributed by atoms with E-state index in [9.17, 15) is 8.42 Å². The summed E-state index contributed by atoms with van der Waals surface area (Å²) in [5.74, 6) is 0.284. The molecule has 1 unspecified atom stereocenters. The van der Waals surface area contributed by atoms with Crippen molar-refractivity contribution in [3.63, 3.8) is 0 Å². The zero-order valence-corrected chi connectivity index (χ0v) is 9.20. The molecule has 0 amide bonds. The summed E-state index contributed by atoms with van der Waals surface area (Å²) in [6.07, 6.45) is 5.55. The number of sulfone groups is 1. The first kappa shape index (κ1) is 10.4. The molecule has 1 aromatic heterocycles. The van der Waals surface area contributed by atoms with Crippen molar-refractivity contribution in [3.05, 3.63) is 24.0 Å². The molecule has 0 aromatic carbocycles. The molecule has 1 fully saturated rings. The number of hydrogen-bond donors (Lipinski definition) is 1. The summed E-state index contributed by atoms with van der Waals surface area (Å²) in [7, 11) is -2.99. The highest BCUT2D eigenvalue weighted by molar-refractivity contribution is 7.91. The van der Waals surface area contributed by atoms with Gasteiger partial charge >= 0.3 is 0 Å². The lowest BCUT2D eigenvalue weighted by atomic mass is 10.1. The molecule has 1 aromatic rings. The van der Waals surface area contributed by atoms with Crippen molar-refractivity contribution in [1.29, 1.82) is 0 Å². The lowest BCUT2D eigenvalue weighted by molar-refractivity contribution is 0.545. The topological polar surface area (TPSA) is 73.0 Å². The minimum absolute atomic E-state index is 0.284. The van der Waals surface area contributed by atoms with Crippen molar-refractivity contribution in [3.8, 4) is 0 Å². The quantitative estimate of drug-likeness (QED) is 0.783. The number of nitrogens with zero attached hydrogens (tertiary/aromatic N) is 1. The molecule has 1 saturated heterocycles. The standard InChI is InChI=1S/C10H14N2O2S/c11-9-5-8(6-12-7-9)10-3-1-2-4-15(10,13)14/h5-7,10H,1-4,11H2. The normalized spacial score (nSPS) is 24.9. The van der Waals surface area contributed by atoms with Crippen LogP contribution < -0.4 is 5.73 Å². The van der Waals surface area contributed by atoms with E-state index in [4.69, 9.17) is 5.73 Å². The predicted octanol–water partition coefficient (Wildman–Crippen LogP) is 1.30. The Morgan fingerprint density at radius 2 is 2.13 bits per heavy atom. The molecule has 82 valence electrons. The van der Waals surface area contributed by atoms with E-state index in [0.717, 1.165) is 18.4 Å². The Kier molecular flexibility index (Phi) is 2.65. The van der Waals surface area contributed by atoms with Crippen LogP contribution in [-0.2, 0) is 9.84 Å². The molecule has 0 aliphatic carbocycles. The maximum atomic E-state index is 11.8. The molecule has 0 radical (unpaired) electrons. The summed E-state index contributed by atoms with van der Waals surface area (Å²) in [6.45, 7) is 0. The highest BCUT2D eigenvalue weighted by atomic mass is 32.2. The van der Waals surface area contributed by atoms with Gasteiger partial charge in [0, 0.05) is 12.4 Å². The van der Waals surface area contributed by atoms with Crippen LogP contribution in [0, 0.1) is 0 Å². The van der Waals surface area contributed by atoms with Crippen molar-refractivity contribution in [2.45, 2.75) is 24.5 Å². The van der Waals surface area contributed by atoms with E-state index in [0.29, 0.717) is 12.1 Å². The minimum Gasteiger partial charge on any atom is -0.397 e. The number of anilines is 1. The van der Waals surface area contributed by atoms with Gasteiger partial charge in [-0.3, -0.25) is 4.98 Å². The molecular formula is C10H14N2O2S. The van der Waals surface area contributed by atoms with Crippen LogP contribution in [0.15, 0.2) is 18.5 Å². The Bertz CT molecular complexity index is 456. The maximum absolute atomic E-state index is 11.8. The number of nitrogen functional groups attached to an aromatic ring is 1. The average molecular weight is 226 g/mol. The van der Waals surface area contributed by atoms with E-state index >= 15 is 0 Å². The zero-order valence-electron chi connectivity index (χ0n) is 8.39. The number of aromatic nitrogens is 1. The fourth-order valence-electron chi connectivity index (χ4n) is 1.98. The first-order valence-corrected chi connectivity index (χ1v) is 6.73. The van der Waals surface area contributed by atoms with Crippen LogP contribution in [0.2, 0.25) is 0 Å². The molecule has 4 nitrogen and oxygen atoms in total. The number of nitrogens with two attached hydrogens (primary N) is 1. The van der Waals surface area contributed by atoms with Gasteiger partial charge < -0.3 is 5.73 Å². The maximum Gasteiger partial charge on any atom is 0.157 e. The summed E-state index contributed by atoms with van der Waals surface area (Å²) in [5, 5.41) is -0.401. The molecule has 0 saturated carbocycles. The molecule has 5 heteroatoms. The van der Waals surface area contributed by atoms with Crippen LogP contribution in [0.5, 0.6) is 0 Å². The molecule has 2 N–H and O–H groups in total. The van der Waals surface area contributed by atoms with Crippen LogP contribution in [-0.4, -0.2) is 19.2 Å². The Labute approximate surface area is 89.4 Å². The number of rotatable bonds is 1. The first-order chi connectivity index (χ1) is 7.09. The molecule has 15 heavy (non-hydrogen) atoms. The van der Waals surface area contributed by atoms with Crippen LogP contribution in [0.4, 0.5) is 5.69 Å². The Morgan fingerprint density at radius 1 is 1.33 bits per heavy atom. The fourth-order valence-corrected chi connectivity index (χ4v) is 3.94. The second kappa shape index (κ2) is 3.81. The SMILES string of the molecule is Nc1cncc(C2CCCCS2(=O)=O)c1. The van der Waals surface area contributed by atoms with Crippen LogP contribution in [0.1, 0.15) is 30.1 Å². The molecule has 1 aliphatic heterocycles. The van der Waals surface area contributed by atoms with Gasteiger partial charge in [0.1, 0.15) is 0 Å². The van der Waals surface area contributed by atoms with E-state index in [1.54, 1.807) is 12.3 Å². The summed E-state index contributed by atoms with van der Waals surface area (Å²) < 4.78 is 23.6. The Morgan fingerprint density at radius 3 is 2.80 bits per heavy atom. The monoisotopic (exact) mass is 226 g/mol. The zero-order chi connectivity index (χ0) is 10.9. The second-order valence-corrected chi connectivity index (χ2v) is 6.21. The van der Waals surface area contributed by atoms with Gasteiger partial charge in [0.15, 0.2) is 9.84 Å². The minimum atomic E-state index is -2.99. The fraction of sp³-hybridized carbons (Fsp3) is 0.500. The first-order valence-electron chi connectivity index (χ1n) is 5.01. The number of hydrogen-bond acceptors (Lipinski definition) is 4. The highest BCUT2D eigenvalue weighted by Gasteiger charge is 2.30. The van der Waals surface area contributed by atoms with E-state index in [1.165, 1.54) is 6.20 Å². The van der Waals surface area contributed by atoms with E-state index in [2.05, 4.69) is 4.98 Å². The third-order valence-corrected chi connectivity index (χ3v) is 4.96. The molecule has 2 heterocycles. The summed E-state index contributed by atoms with van der Waals surface area (Å²) in [4.78, 5) is 3.94. The Balaban J connectivity index is 2.37. The van der Waals surface area contributed by atoms with Crippen molar-refractivity contribution >= 4 is 15.5 Å². The van der Waals surface area contributed by atoms with E-state index in [-0.39, 0.29) is 5.75 Å². The van der Waals surface area contributed by atoms with Gasteiger partial charge in [-0.25, -0.2) is 8.42 Å². The van der Waals surface area contributed by atoms with E-state index < -0.39 is 15.1 Å². The Hall–Kier alpha value is -1.10. The van der Waals surface area contributed by atoms with Crippen molar-refractivity contribution < 1.29 is 8.42 Å². The van der Waals surface area contributed by atoms with Crippen molar-refractivity contribution in [2.24, 2.45) is 0 Å². The lowest BCUT2D eigenvalue weighted by Crippen LogP contribution is -2.21.